The Balaban J connectivity index is 1.56. The summed E-state index contributed by atoms with van der Waals surface area (Å²) in [5.74, 6) is -0.825. The molecule has 142 valence electrons. The van der Waals surface area contributed by atoms with E-state index in [0.717, 1.165) is 28.1 Å². The number of benzene rings is 2. The third kappa shape index (κ3) is 3.16. The first-order valence-corrected chi connectivity index (χ1v) is 9.08. The zero-order chi connectivity index (χ0) is 19.7. The van der Waals surface area contributed by atoms with E-state index in [-0.39, 0.29) is 18.4 Å². The lowest BCUT2D eigenvalue weighted by molar-refractivity contribution is -0.133. The molecule has 5 N–H and O–H groups in total. The molecule has 0 saturated heterocycles. The van der Waals surface area contributed by atoms with E-state index in [1.807, 2.05) is 42.5 Å². The molecule has 3 aromatic rings. The van der Waals surface area contributed by atoms with E-state index in [9.17, 15) is 9.59 Å². The Morgan fingerprint density at radius 1 is 1.07 bits per heavy atom. The van der Waals surface area contributed by atoms with Crippen LogP contribution in [0.1, 0.15) is 33.1 Å². The summed E-state index contributed by atoms with van der Waals surface area (Å²) in [5.41, 5.74) is 16.1. The molecule has 28 heavy (non-hydrogen) atoms. The van der Waals surface area contributed by atoms with E-state index in [1.165, 1.54) is 0 Å². The number of nitrogens with zero attached hydrogens (tertiary/aromatic N) is 2. The second kappa shape index (κ2) is 7.28. The quantitative estimate of drug-likeness (QED) is 0.630. The molecular weight excluding hydrogens is 354 g/mol. The molecule has 0 radical (unpaired) electrons. The first kappa shape index (κ1) is 17.9. The lowest BCUT2D eigenvalue weighted by Gasteiger charge is -2.22. The molecule has 4 rings (SSSR count). The highest BCUT2D eigenvalue weighted by Crippen LogP contribution is 2.32. The van der Waals surface area contributed by atoms with Crippen LogP contribution < -0.4 is 11.5 Å². The molecule has 2 aromatic carbocycles. The summed E-state index contributed by atoms with van der Waals surface area (Å²) in [4.78, 5) is 26.1. The summed E-state index contributed by atoms with van der Waals surface area (Å²) in [5, 5.41) is 7.43. The van der Waals surface area contributed by atoms with Crippen LogP contribution in [0.5, 0.6) is 0 Å². The van der Waals surface area contributed by atoms with Crippen molar-refractivity contribution in [3.8, 4) is 11.3 Å². The molecular formula is C21H21N5O2. The predicted molar refractivity (Wildman–Crippen MR) is 105 cm³/mol. The molecule has 0 fully saturated rings. The van der Waals surface area contributed by atoms with Gasteiger partial charge >= 0.3 is 0 Å². The number of carbonyl (C=O) groups is 2. The van der Waals surface area contributed by atoms with Crippen molar-refractivity contribution in [3.63, 3.8) is 0 Å². The zero-order valence-electron chi connectivity index (χ0n) is 15.3. The maximum absolute atomic E-state index is 13.1. The number of fused-ring (bicyclic) bond motifs is 1. The van der Waals surface area contributed by atoms with E-state index in [2.05, 4.69) is 10.2 Å². The predicted octanol–water partition coefficient (Wildman–Crippen LogP) is 1.76. The first-order valence-electron chi connectivity index (χ1n) is 9.08. The minimum Gasteiger partial charge on any atom is -0.366 e. The van der Waals surface area contributed by atoms with Crippen molar-refractivity contribution in [2.24, 2.45) is 11.5 Å². The molecule has 1 atom stereocenters. The average molecular weight is 375 g/mol. The fourth-order valence-corrected chi connectivity index (χ4v) is 3.61. The summed E-state index contributed by atoms with van der Waals surface area (Å²) in [7, 11) is 0. The molecule has 7 nitrogen and oxygen atoms in total. The number of primary amides is 1. The summed E-state index contributed by atoms with van der Waals surface area (Å²) in [6.07, 6.45) is 0. The maximum atomic E-state index is 13.1. The van der Waals surface area contributed by atoms with Crippen LogP contribution in [-0.4, -0.2) is 33.5 Å². The molecule has 2 amide bonds. The highest BCUT2D eigenvalue weighted by Gasteiger charge is 2.32. The Hall–Kier alpha value is -3.45. The van der Waals surface area contributed by atoms with Crippen LogP contribution in [0.2, 0.25) is 0 Å². The lowest BCUT2D eigenvalue weighted by Crippen LogP contribution is -2.34. The number of nitrogens with two attached hydrogens (primary N) is 2. The van der Waals surface area contributed by atoms with Crippen LogP contribution in [0.15, 0.2) is 54.6 Å². The minimum absolute atomic E-state index is 0.00771. The number of H-pyrrole nitrogens is 1. The molecule has 0 aliphatic carbocycles. The van der Waals surface area contributed by atoms with Gasteiger partial charge < -0.3 is 16.4 Å². The van der Waals surface area contributed by atoms with Crippen molar-refractivity contribution in [2.45, 2.75) is 19.0 Å². The highest BCUT2D eigenvalue weighted by atomic mass is 16.2. The molecule has 1 unspecified atom stereocenters. The van der Waals surface area contributed by atoms with Gasteiger partial charge in [0.05, 0.1) is 30.4 Å². The van der Waals surface area contributed by atoms with Gasteiger partial charge in [-0.05, 0) is 17.7 Å². The smallest absolute Gasteiger partial charge is 0.248 e. The number of amides is 2. The van der Waals surface area contributed by atoms with E-state index in [1.54, 1.807) is 17.0 Å². The van der Waals surface area contributed by atoms with Gasteiger partial charge in [-0.1, -0.05) is 42.5 Å². The van der Waals surface area contributed by atoms with E-state index in [0.29, 0.717) is 18.7 Å². The number of aromatic nitrogens is 2. The van der Waals surface area contributed by atoms with E-state index >= 15 is 0 Å². The SMILES string of the molecule is NCC(C(=O)N1Cc2[nH]nc(-c3ccc(C(N)=O)cc3)c2C1)c1ccccc1. The monoisotopic (exact) mass is 375 g/mol. The molecule has 1 aliphatic rings. The molecule has 0 spiro atoms. The summed E-state index contributed by atoms with van der Waals surface area (Å²) in [6, 6.07) is 16.6. The number of aromatic amines is 1. The van der Waals surface area contributed by atoms with Gasteiger partial charge in [0.1, 0.15) is 0 Å². The Morgan fingerprint density at radius 3 is 2.43 bits per heavy atom. The normalized spacial score (nSPS) is 14.0. The lowest BCUT2D eigenvalue weighted by atomic mass is 9.98. The van der Waals surface area contributed by atoms with Crippen molar-refractivity contribution in [3.05, 3.63) is 77.0 Å². The molecule has 0 saturated carbocycles. The standard InChI is InChI=1S/C21H21N5O2/c22-10-16(13-4-2-1-3-5-13)21(28)26-11-17-18(12-26)24-25-19(17)14-6-8-15(9-7-14)20(23)27/h1-9,16H,10-12,22H2,(H2,23,27)(H,24,25). The van der Waals surface area contributed by atoms with Gasteiger partial charge in [-0.2, -0.15) is 5.10 Å². The third-order valence-electron chi connectivity index (χ3n) is 5.14. The molecule has 7 heteroatoms. The average Bonchev–Trinajstić information content (AvgIpc) is 3.30. The molecule has 0 bridgehead atoms. The highest BCUT2D eigenvalue weighted by molar-refractivity contribution is 5.93. The number of nitrogens with one attached hydrogen (secondary N) is 1. The van der Waals surface area contributed by atoms with E-state index < -0.39 is 5.91 Å². The number of carbonyl (C=O) groups excluding carboxylic acids is 2. The van der Waals surface area contributed by atoms with Crippen LogP contribution in [0, 0.1) is 0 Å². The van der Waals surface area contributed by atoms with Crippen LogP contribution >= 0.6 is 0 Å². The fourth-order valence-electron chi connectivity index (χ4n) is 3.61. The van der Waals surface area contributed by atoms with Gasteiger partial charge in [0.2, 0.25) is 11.8 Å². The Bertz CT molecular complexity index is 1010. The van der Waals surface area contributed by atoms with Gasteiger partial charge in [-0.3, -0.25) is 14.7 Å². The van der Waals surface area contributed by atoms with Crippen molar-refractivity contribution < 1.29 is 9.59 Å². The van der Waals surface area contributed by atoms with Gasteiger partial charge in [0.25, 0.3) is 0 Å². The molecule has 1 aromatic heterocycles. The first-order chi connectivity index (χ1) is 13.6. The fraction of sp³-hybridized carbons (Fsp3) is 0.190. The summed E-state index contributed by atoms with van der Waals surface area (Å²) >= 11 is 0. The largest absolute Gasteiger partial charge is 0.366 e. The topological polar surface area (TPSA) is 118 Å². The van der Waals surface area contributed by atoms with Crippen molar-refractivity contribution in [1.29, 1.82) is 0 Å². The molecule has 1 aliphatic heterocycles. The third-order valence-corrected chi connectivity index (χ3v) is 5.14. The number of rotatable bonds is 5. The second-order valence-electron chi connectivity index (χ2n) is 6.86. The van der Waals surface area contributed by atoms with Gasteiger partial charge in [-0.25, -0.2) is 0 Å². The number of hydrogen-bond acceptors (Lipinski definition) is 4. The zero-order valence-corrected chi connectivity index (χ0v) is 15.3. The van der Waals surface area contributed by atoms with Crippen LogP contribution in [0.4, 0.5) is 0 Å². The Labute approximate surface area is 162 Å². The summed E-state index contributed by atoms with van der Waals surface area (Å²) < 4.78 is 0. The van der Waals surface area contributed by atoms with Gasteiger partial charge in [-0.15, -0.1) is 0 Å². The Morgan fingerprint density at radius 2 is 1.79 bits per heavy atom. The second-order valence-corrected chi connectivity index (χ2v) is 6.86. The van der Waals surface area contributed by atoms with Crippen molar-refractivity contribution >= 4 is 11.8 Å². The van der Waals surface area contributed by atoms with Crippen LogP contribution in [0.25, 0.3) is 11.3 Å². The van der Waals surface area contributed by atoms with E-state index in [4.69, 9.17) is 11.5 Å². The van der Waals surface area contributed by atoms with Crippen molar-refractivity contribution in [1.82, 2.24) is 15.1 Å². The van der Waals surface area contributed by atoms with Crippen LogP contribution in [-0.2, 0) is 17.9 Å². The van der Waals surface area contributed by atoms with Gasteiger partial charge in [0.15, 0.2) is 0 Å². The maximum Gasteiger partial charge on any atom is 0.248 e. The minimum atomic E-state index is -0.468. The van der Waals surface area contributed by atoms with Crippen molar-refractivity contribution in [2.75, 3.05) is 6.54 Å². The Kier molecular flexibility index (Phi) is 4.67. The molecule has 2 heterocycles. The number of hydrogen-bond donors (Lipinski definition) is 3. The van der Waals surface area contributed by atoms with Crippen LogP contribution in [0.3, 0.4) is 0 Å². The van der Waals surface area contributed by atoms with Gasteiger partial charge in [0, 0.05) is 23.2 Å². The summed E-state index contributed by atoms with van der Waals surface area (Å²) in [6.45, 7) is 1.21.